The average molecular weight is 887 g/mol. The van der Waals surface area contributed by atoms with Crippen LogP contribution in [-0.4, -0.2) is 37.2 Å². The fourth-order valence-corrected chi connectivity index (χ4v) is 8.20. The Bertz CT molecular complexity index is 1020. The van der Waals surface area contributed by atoms with Gasteiger partial charge < -0.3 is 14.2 Å². The van der Waals surface area contributed by atoms with Crippen LogP contribution in [0.25, 0.3) is 0 Å². The zero-order chi connectivity index (χ0) is 45.8. The summed E-state index contributed by atoms with van der Waals surface area (Å²) in [7, 11) is 0. The van der Waals surface area contributed by atoms with E-state index in [-0.39, 0.29) is 31.1 Å². The summed E-state index contributed by atoms with van der Waals surface area (Å²) in [6, 6.07) is 0. The van der Waals surface area contributed by atoms with E-state index in [1.807, 2.05) is 0 Å². The Kier molecular flexibility index (Phi) is 50.8. The van der Waals surface area contributed by atoms with Gasteiger partial charge in [-0.1, -0.05) is 238 Å². The number of carbonyl (C=O) groups is 3. The zero-order valence-electron chi connectivity index (χ0n) is 42.4. The number of allylic oxidation sites excluding steroid dienone is 4. The highest BCUT2D eigenvalue weighted by Gasteiger charge is 2.19. The monoisotopic (exact) mass is 887 g/mol. The molecule has 0 N–H and O–H groups in total. The van der Waals surface area contributed by atoms with Crippen molar-refractivity contribution in [2.24, 2.45) is 0 Å². The van der Waals surface area contributed by atoms with Crippen molar-refractivity contribution in [2.45, 2.75) is 309 Å². The van der Waals surface area contributed by atoms with Gasteiger partial charge >= 0.3 is 17.9 Å². The minimum atomic E-state index is -0.772. The van der Waals surface area contributed by atoms with E-state index in [1.54, 1.807) is 0 Å². The number of esters is 3. The maximum Gasteiger partial charge on any atom is 0.306 e. The van der Waals surface area contributed by atoms with Crippen LogP contribution in [0.3, 0.4) is 0 Å². The largest absolute Gasteiger partial charge is 0.462 e. The normalized spacial score (nSPS) is 12.1. The summed E-state index contributed by atoms with van der Waals surface area (Å²) >= 11 is 0. The molecular formula is C57H106O6. The molecular weight excluding hydrogens is 781 g/mol. The number of unbranched alkanes of at least 4 members (excludes halogenated alkanes) is 36. The summed E-state index contributed by atoms with van der Waals surface area (Å²) in [5, 5.41) is 0. The molecule has 0 aromatic carbocycles. The SMILES string of the molecule is CCCCCC/C=C\CCCCCCCCCC(=O)OC(COC(=O)CCCCCCC/C=C\CCCCCCCCCCC)COC(=O)CCCCCCCCCCCCCC. The fraction of sp³-hybridized carbons (Fsp3) is 0.877. The Balaban J connectivity index is 4.33. The van der Waals surface area contributed by atoms with E-state index in [9.17, 15) is 14.4 Å². The molecule has 0 heterocycles. The molecule has 0 aliphatic carbocycles. The lowest BCUT2D eigenvalue weighted by Gasteiger charge is -2.18. The van der Waals surface area contributed by atoms with Crippen LogP contribution in [0.2, 0.25) is 0 Å². The smallest absolute Gasteiger partial charge is 0.306 e. The van der Waals surface area contributed by atoms with Crippen LogP contribution < -0.4 is 0 Å². The maximum atomic E-state index is 12.8. The average Bonchev–Trinajstić information content (AvgIpc) is 3.28. The van der Waals surface area contributed by atoms with Gasteiger partial charge in [-0.2, -0.15) is 0 Å². The first-order valence-corrected chi connectivity index (χ1v) is 27.8. The molecule has 370 valence electrons. The predicted molar refractivity (Wildman–Crippen MR) is 270 cm³/mol. The Labute approximate surface area is 392 Å². The van der Waals surface area contributed by atoms with Crippen molar-refractivity contribution >= 4 is 17.9 Å². The van der Waals surface area contributed by atoms with Crippen molar-refractivity contribution in [3.8, 4) is 0 Å². The van der Waals surface area contributed by atoms with Gasteiger partial charge in [0.15, 0.2) is 6.10 Å². The number of carbonyl (C=O) groups excluding carboxylic acids is 3. The summed E-state index contributed by atoms with van der Waals surface area (Å²) in [5.74, 6) is -0.869. The lowest BCUT2D eigenvalue weighted by atomic mass is 10.0. The lowest BCUT2D eigenvalue weighted by molar-refractivity contribution is -0.167. The second-order valence-electron chi connectivity index (χ2n) is 18.8. The van der Waals surface area contributed by atoms with Crippen LogP contribution in [0.5, 0.6) is 0 Å². The van der Waals surface area contributed by atoms with Crippen molar-refractivity contribution < 1.29 is 28.6 Å². The van der Waals surface area contributed by atoms with E-state index in [2.05, 4.69) is 45.1 Å². The van der Waals surface area contributed by atoms with Gasteiger partial charge in [0.2, 0.25) is 0 Å². The number of ether oxygens (including phenoxy) is 3. The molecule has 0 saturated carbocycles. The third kappa shape index (κ3) is 50.7. The molecule has 0 aliphatic heterocycles. The van der Waals surface area contributed by atoms with Gasteiger partial charge in [-0.3, -0.25) is 14.4 Å². The van der Waals surface area contributed by atoms with Gasteiger partial charge in [-0.05, 0) is 70.6 Å². The molecule has 1 unspecified atom stereocenters. The molecule has 0 bridgehead atoms. The topological polar surface area (TPSA) is 78.9 Å². The number of rotatable bonds is 51. The maximum absolute atomic E-state index is 12.8. The molecule has 6 nitrogen and oxygen atoms in total. The predicted octanol–water partition coefficient (Wildman–Crippen LogP) is 18.3. The summed E-state index contributed by atoms with van der Waals surface area (Å²) in [6.07, 6.45) is 60.2. The van der Waals surface area contributed by atoms with Crippen LogP contribution in [0.1, 0.15) is 303 Å². The minimum absolute atomic E-state index is 0.0716. The Morgan fingerprint density at radius 2 is 0.524 bits per heavy atom. The van der Waals surface area contributed by atoms with Crippen molar-refractivity contribution in [2.75, 3.05) is 13.2 Å². The summed E-state index contributed by atoms with van der Waals surface area (Å²) in [5.41, 5.74) is 0. The molecule has 1 atom stereocenters. The highest BCUT2D eigenvalue weighted by atomic mass is 16.6. The first-order valence-electron chi connectivity index (χ1n) is 27.8. The van der Waals surface area contributed by atoms with E-state index >= 15 is 0 Å². The molecule has 0 fully saturated rings. The Morgan fingerprint density at radius 1 is 0.302 bits per heavy atom. The first-order chi connectivity index (χ1) is 31.0. The molecule has 0 amide bonds. The van der Waals surface area contributed by atoms with Crippen LogP contribution >= 0.6 is 0 Å². The van der Waals surface area contributed by atoms with Crippen molar-refractivity contribution in [3.05, 3.63) is 24.3 Å². The van der Waals surface area contributed by atoms with Crippen molar-refractivity contribution in [1.82, 2.24) is 0 Å². The highest BCUT2D eigenvalue weighted by Crippen LogP contribution is 2.16. The minimum Gasteiger partial charge on any atom is -0.462 e. The standard InChI is InChI=1S/C57H106O6/c1-4-7-10-13-16-19-22-25-27-28-29-31-32-35-38-41-44-47-50-56(59)62-53-54(52-61-55(58)49-46-43-40-37-34-24-21-18-15-12-9-6-3)63-57(60)51-48-45-42-39-36-33-30-26-23-20-17-14-11-8-5-2/h20,23,29,31,54H,4-19,21-22,24-28,30,32-53H2,1-3H3/b23-20-,31-29-. The quantitative estimate of drug-likeness (QED) is 0.0262. The third-order valence-electron chi connectivity index (χ3n) is 12.4. The zero-order valence-corrected chi connectivity index (χ0v) is 42.4. The Hall–Kier alpha value is -2.11. The number of hydrogen-bond acceptors (Lipinski definition) is 6. The molecule has 0 aromatic heterocycles. The van der Waals surface area contributed by atoms with E-state index in [0.29, 0.717) is 19.3 Å². The van der Waals surface area contributed by atoms with E-state index in [4.69, 9.17) is 14.2 Å². The van der Waals surface area contributed by atoms with Crippen LogP contribution in [0.4, 0.5) is 0 Å². The van der Waals surface area contributed by atoms with E-state index < -0.39 is 6.10 Å². The van der Waals surface area contributed by atoms with E-state index in [0.717, 1.165) is 64.2 Å². The lowest BCUT2D eigenvalue weighted by Crippen LogP contribution is -2.30. The molecule has 0 spiro atoms. The highest BCUT2D eigenvalue weighted by molar-refractivity contribution is 5.71. The van der Waals surface area contributed by atoms with Crippen LogP contribution in [-0.2, 0) is 28.6 Å². The fourth-order valence-electron chi connectivity index (χ4n) is 8.20. The summed E-state index contributed by atoms with van der Waals surface area (Å²) < 4.78 is 16.8. The molecule has 0 aliphatic rings. The van der Waals surface area contributed by atoms with Crippen LogP contribution in [0, 0.1) is 0 Å². The van der Waals surface area contributed by atoms with Gasteiger partial charge in [0, 0.05) is 19.3 Å². The molecule has 63 heavy (non-hydrogen) atoms. The summed E-state index contributed by atoms with van der Waals surface area (Å²) in [4.78, 5) is 38.0. The molecule has 0 radical (unpaired) electrons. The Morgan fingerprint density at radius 3 is 0.810 bits per heavy atom. The van der Waals surface area contributed by atoms with Gasteiger partial charge in [0.1, 0.15) is 13.2 Å². The van der Waals surface area contributed by atoms with Crippen molar-refractivity contribution in [1.29, 1.82) is 0 Å². The molecule has 0 aromatic rings. The summed E-state index contributed by atoms with van der Waals surface area (Å²) in [6.45, 7) is 6.65. The number of hydrogen-bond donors (Lipinski definition) is 0. The third-order valence-corrected chi connectivity index (χ3v) is 12.4. The second kappa shape index (κ2) is 52.5. The molecule has 0 saturated heterocycles. The van der Waals surface area contributed by atoms with Crippen LogP contribution in [0.15, 0.2) is 24.3 Å². The van der Waals surface area contributed by atoms with Gasteiger partial charge in [0.05, 0.1) is 0 Å². The molecule has 0 rings (SSSR count). The second-order valence-corrected chi connectivity index (χ2v) is 18.8. The van der Waals surface area contributed by atoms with Gasteiger partial charge in [0.25, 0.3) is 0 Å². The van der Waals surface area contributed by atoms with Crippen molar-refractivity contribution in [3.63, 3.8) is 0 Å². The van der Waals surface area contributed by atoms with Gasteiger partial charge in [-0.25, -0.2) is 0 Å². The van der Waals surface area contributed by atoms with Gasteiger partial charge in [-0.15, -0.1) is 0 Å². The first kappa shape index (κ1) is 60.9. The molecule has 6 heteroatoms. The van der Waals surface area contributed by atoms with E-state index in [1.165, 1.54) is 199 Å².